The van der Waals surface area contributed by atoms with Crippen molar-refractivity contribution in [3.63, 3.8) is 0 Å². The molecule has 2 aromatic rings. The molecule has 0 saturated heterocycles. The van der Waals surface area contributed by atoms with Crippen molar-refractivity contribution < 1.29 is 9.53 Å². The van der Waals surface area contributed by atoms with Crippen LogP contribution in [0.15, 0.2) is 48.5 Å². The van der Waals surface area contributed by atoms with Crippen LogP contribution >= 0.6 is 11.6 Å². The van der Waals surface area contributed by atoms with Crippen LogP contribution in [0.25, 0.3) is 0 Å². The molecule has 1 unspecified atom stereocenters. The minimum Gasteiger partial charge on any atom is -0.380 e. The van der Waals surface area contributed by atoms with E-state index in [1.54, 1.807) is 19.2 Å². The number of hydrogen-bond donors (Lipinski definition) is 2. The minimum atomic E-state index is -0.670. The van der Waals surface area contributed by atoms with Crippen LogP contribution in [-0.2, 0) is 16.1 Å². The highest BCUT2D eigenvalue weighted by atomic mass is 35.5. The summed E-state index contributed by atoms with van der Waals surface area (Å²) >= 11 is 6.12. The van der Waals surface area contributed by atoms with Crippen LogP contribution < -0.4 is 11.1 Å². The van der Waals surface area contributed by atoms with Crippen molar-refractivity contribution >= 4 is 23.2 Å². The third-order valence-corrected chi connectivity index (χ3v) is 3.45. The third kappa shape index (κ3) is 3.74. The first-order valence-electron chi connectivity index (χ1n) is 6.50. The van der Waals surface area contributed by atoms with Crippen LogP contribution in [0.5, 0.6) is 0 Å². The molecule has 0 radical (unpaired) electrons. The molecule has 0 aliphatic rings. The lowest BCUT2D eigenvalue weighted by Crippen LogP contribution is -2.28. The van der Waals surface area contributed by atoms with Crippen LogP contribution in [0.3, 0.4) is 0 Å². The van der Waals surface area contributed by atoms with Gasteiger partial charge in [0.25, 0.3) is 0 Å². The van der Waals surface area contributed by atoms with Crippen LogP contribution in [0.2, 0.25) is 5.02 Å². The Morgan fingerprint density at radius 1 is 1.24 bits per heavy atom. The Balaban J connectivity index is 2.36. The zero-order valence-electron chi connectivity index (χ0n) is 11.7. The standard InChI is InChI=1S/C16H17ClN2O2/c1-21-10-11-6-2-3-7-12(11)15(16(18)20)19-14-9-5-4-8-13(14)17/h2-9,15,19H,10H2,1H3,(H2,18,20). The fourth-order valence-corrected chi connectivity index (χ4v) is 2.33. The summed E-state index contributed by atoms with van der Waals surface area (Å²) in [5.41, 5.74) is 7.90. The Labute approximate surface area is 128 Å². The van der Waals surface area contributed by atoms with Gasteiger partial charge in [-0.15, -0.1) is 0 Å². The summed E-state index contributed by atoms with van der Waals surface area (Å²) in [4.78, 5) is 11.8. The number of methoxy groups -OCH3 is 1. The Morgan fingerprint density at radius 2 is 1.90 bits per heavy atom. The normalized spacial score (nSPS) is 11.9. The molecule has 2 rings (SSSR count). The van der Waals surface area contributed by atoms with E-state index in [0.29, 0.717) is 17.3 Å². The van der Waals surface area contributed by atoms with Gasteiger partial charge in [-0.1, -0.05) is 48.0 Å². The van der Waals surface area contributed by atoms with Gasteiger partial charge in [-0.2, -0.15) is 0 Å². The van der Waals surface area contributed by atoms with Crippen molar-refractivity contribution in [3.8, 4) is 0 Å². The van der Waals surface area contributed by atoms with Crippen LogP contribution in [0, 0.1) is 0 Å². The topological polar surface area (TPSA) is 64.3 Å². The number of hydrogen-bond acceptors (Lipinski definition) is 3. The highest BCUT2D eigenvalue weighted by Crippen LogP contribution is 2.27. The number of primary amides is 1. The second-order valence-electron chi connectivity index (χ2n) is 4.59. The van der Waals surface area contributed by atoms with Gasteiger partial charge in [-0.25, -0.2) is 0 Å². The summed E-state index contributed by atoms with van der Waals surface area (Å²) in [7, 11) is 1.61. The van der Waals surface area contributed by atoms with Crippen molar-refractivity contribution in [2.24, 2.45) is 5.73 Å². The summed E-state index contributed by atoms with van der Waals surface area (Å²) in [6.45, 7) is 0.407. The van der Waals surface area contributed by atoms with E-state index in [2.05, 4.69) is 5.32 Å². The van der Waals surface area contributed by atoms with E-state index in [1.807, 2.05) is 36.4 Å². The second kappa shape index (κ2) is 7.11. The minimum absolute atomic E-state index is 0.407. The number of rotatable bonds is 6. The summed E-state index contributed by atoms with van der Waals surface area (Å²) in [6.07, 6.45) is 0. The molecule has 0 aliphatic heterocycles. The smallest absolute Gasteiger partial charge is 0.244 e. The van der Waals surface area contributed by atoms with Gasteiger partial charge in [0.1, 0.15) is 6.04 Å². The van der Waals surface area contributed by atoms with E-state index in [4.69, 9.17) is 22.1 Å². The van der Waals surface area contributed by atoms with Crippen molar-refractivity contribution in [1.29, 1.82) is 0 Å². The maximum absolute atomic E-state index is 11.8. The molecular formula is C16H17ClN2O2. The first-order chi connectivity index (χ1) is 10.1. The van der Waals surface area contributed by atoms with Crippen molar-refractivity contribution in [2.75, 3.05) is 12.4 Å². The van der Waals surface area contributed by atoms with Gasteiger partial charge in [0, 0.05) is 7.11 Å². The van der Waals surface area contributed by atoms with E-state index in [-0.39, 0.29) is 0 Å². The Kier molecular flexibility index (Phi) is 5.20. The molecule has 21 heavy (non-hydrogen) atoms. The first kappa shape index (κ1) is 15.4. The van der Waals surface area contributed by atoms with Crippen molar-refractivity contribution in [1.82, 2.24) is 0 Å². The van der Waals surface area contributed by atoms with Crippen LogP contribution in [0.4, 0.5) is 5.69 Å². The lowest BCUT2D eigenvalue weighted by Gasteiger charge is -2.20. The monoisotopic (exact) mass is 304 g/mol. The number of halogens is 1. The van der Waals surface area contributed by atoms with Gasteiger partial charge in [0.2, 0.25) is 5.91 Å². The molecular weight excluding hydrogens is 288 g/mol. The van der Waals surface area contributed by atoms with Crippen molar-refractivity contribution in [3.05, 3.63) is 64.7 Å². The number of para-hydroxylation sites is 1. The number of carbonyl (C=O) groups excluding carboxylic acids is 1. The maximum atomic E-state index is 11.8. The van der Waals surface area contributed by atoms with E-state index < -0.39 is 11.9 Å². The lowest BCUT2D eigenvalue weighted by atomic mass is 10.00. The predicted octanol–water partition coefficient (Wildman–Crippen LogP) is 3.12. The molecule has 0 aliphatic carbocycles. The molecule has 0 heterocycles. The summed E-state index contributed by atoms with van der Waals surface area (Å²) in [6, 6.07) is 14.1. The second-order valence-corrected chi connectivity index (χ2v) is 5.00. The molecule has 0 bridgehead atoms. The average molecular weight is 305 g/mol. The molecule has 5 heteroatoms. The first-order valence-corrected chi connectivity index (χ1v) is 6.88. The number of amides is 1. The number of benzene rings is 2. The molecule has 0 fully saturated rings. The molecule has 2 aromatic carbocycles. The summed E-state index contributed by atoms with van der Waals surface area (Å²) in [5.74, 6) is -0.474. The molecule has 4 nitrogen and oxygen atoms in total. The van der Waals surface area contributed by atoms with Gasteiger partial charge in [0.05, 0.1) is 17.3 Å². The van der Waals surface area contributed by atoms with E-state index in [0.717, 1.165) is 11.1 Å². The lowest BCUT2D eigenvalue weighted by molar-refractivity contribution is -0.118. The number of anilines is 1. The summed E-state index contributed by atoms with van der Waals surface area (Å²) in [5, 5.41) is 3.63. The largest absolute Gasteiger partial charge is 0.380 e. The number of nitrogens with one attached hydrogen (secondary N) is 1. The quantitative estimate of drug-likeness (QED) is 0.862. The molecule has 3 N–H and O–H groups in total. The fourth-order valence-electron chi connectivity index (χ4n) is 2.14. The average Bonchev–Trinajstić information content (AvgIpc) is 2.47. The zero-order chi connectivity index (χ0) is 15.2. The summed E-state index contributed by atoms with van der Waals surface area (Å²) < 4.78 is 5.17. The van der Waals surface area contributed by atoms with E-state index in [9.17, 15) is 4.79 Å². The van der Waals surface area contributed by atoms with E-state index in [1.165, 1.54) is 0 Å². The van der Waals surface area contributed by atoms with Gasteiger partial charge < -0.3 is 15.8 Å². The van der Waals surface area contributed by atoms with E-state index >= 15 is 0 Å². The van der Waals surface area contributed by atoms with Gasteiger partial charge in [-0.3, -0.25) is 4.79 Å². The third-order valence-electron chi connectivity index (χ3n) is 3.12. The van der Waals surface area contributed by atoms with Gasteiger partial charge >= 0.3 is 0 Å². The Morgan fingerprint density at radius 3 is 2.57 bits per heavy atom. The highest BCUT2D eigenvalue weighted by Gasteiger charge is 2.21. The Bertz CT molecular complexity index is 631. The number of nitrogens with two attached hydrogens (primary N) is 1. The molecule has 1 atom stereocenters. The zero-order valence-corrected chi connectivity index (χ0v) is 12.4. The van der Waals surface area contributed by atoms with Gasteiger partial charge in [0.15, 0.2) is 0 Å². The molecule has 1 amide bonds. The molecule has 0 aromatic heterocycles. The van der Waals surface area contributed by atoms with Gasteiger partial charge in [-0.05, 0) is 23.3 Å². The molecule has 0 saturated carbocycles. The fraction of sp³-hybridized carbons (Fsp3) is 0.188. The number of carbonyl (C=O) groups is 1. The Hall–Kier alpha value is -2.04. The van der Waals surface area contributed by atoms with Crippen LogP contribution in [0.1, 0.15) is 17.2 Å². The SMILES string of the molecule is COCc1ccccc1C(Nc1ccccc1Cl)C(N)=O. The molecule has 110 valence electrons. The predicted molar refractivity (Wildman–Crippen MR) is 84.2 cm³/mol. The number of ether oxygens (including phenoxy) is 1. The van der Waals surface area contributed by atoms with Crippen LogP contribution in [-0.4, -0.2) is 13.0 Å². The highest BCUT2D eigenvalue weighted by molar-refractivity contribution is 6.33. The maximum Gasteiger partial charge on any atom is 0.244 e. The van der Waals surface area contributed by atoms with Crippen molar-refractivity contribution in [2.45, 2.75) is 12.6 Å². The molecule has 0 spiro atoms.